The van der Waals surface area contributed by atoms with E-state index in [9.17, 15) is 5.11 Å². The molecule has 4 heteroatoms. The molecule has 0 spiro atoms. The summed E-state index contributed by atoms with van der Waals surface area (Å²) in [5.41, 5.74) is 19.1. The molecule has 8 rings (SSSR count). The van der Waals surface area contributed by atoms with E-state index in [1.807, 2.05) is 6.20 Å². The maximum atomic E-state index is 12.4. The molecule has 0 atom stereocenters. The van der Waals surface area contributed by atoms with E-state index in [0.29, 0.717) is 5.82 Å². The van der Waals surface area contributed by atoms with Gasteiger partial charge in [-0.2, -0.15) is 0 Å². The van der Waals surface area contributed by atoms with E-state index in [1.165, 1.54) is 33.4 Å². The first-order chi connectivity index (χ1) is 30.6. The van der Waals surface area contributed by atoms with E-state index < -0.39 is 0 Å². The van der Waals surface area contributed by atoms with Gasteiger partial charge in [0.25, 0.3) is 0 Å². The third kappa shape index (κ3) is 9.06. The Kier molecular flexibility index (Phi) is 11.8. The second-order valence-corrected chi connectivity index (χ2v) is 21.9. The topological polar surface area (TPSA) is 50.9 Å². The fourth-order valence-electron chi connectivity index (χ4n) is 8.84. The van der Waals surface area contributed by atoms with E-state index in [4.69, 9.17) is 9.97 Å². The lowest BCUT2D eigenvalue weighted by Crippen LogP contribution is -2.12. The molecule has 0 saturated carbocycles. The Balaban J connectivity index is 1.44. The van der Waals surface area contributed by atoms with Crippen molar-refractivity contribution in [2.24, 2.45) is 0 Å². The number of phenols is 1. The van der Waals surface area contributed by atoms with Crippen LogP contribution in [-0.2, 0) is 16.2 Å². The number of benzene rings is 6. The molecular formula is C61H67N3O. The van der Waals surface area contributed by atoms with E-state index in [-0.39, 0.29) is 33.8 Å². The van der Waals surface area contributed by atoms with Crippen molar-refractivity contribution in [1.82, 2.24) is 14.5 Å². The first-order valence-electron chi connectivity index (χ1n) is 23.4. The minimum Gasteiger partial charge on any atom is -0.507 e. The van der Waals surface area contributed by atoms with Gasteiger partial charge in [-0.05, 0) is 134 Å². The van der Waals surface area contributed by atoms with Crippen LogP contribution >= 0.6 is 0 Å². The van der Waals surface area contributed by atoms with E-state index in [2.05, 4.69) is 229 Å². The smallest absolute Gasteiger partial charge is 0.149 e. The van der Waals surface area contributed by atoms with Crippen molar-refractivity contribution < 1.29 is 5.11 Å². The molecule has 4 nitrogen and oxygen atoms in total. The number of para-hydroxylation sites is 1. The molecule has 0 saturated heterocycles. The normalized spacial score (nSPS) is 12.5. The van der Waals surface area contributed by atoms with Crippen LogP contribution in [0.15, 0.2) is 134 Å². The number of hydrogen-bond acceptors (Lipinski definition) is 3. The standard InChI is InChI=1S/C61H67N3O/c1-37(2)43-33-50(38(3)4)57(65)52(34-43)58-63-56-49(44-30-45(32-48(31-44)61(12,13)14)53-35-42(28-29-62-53)40-20-18-39(5)19-21-40)16-15-17-55(56)64(58)54-27-26-47(60(9,10)11)36-51(54)41-22-24-46(25-23-41)59(6,7)8/h15-38,65H,1-14H3. The number of pyridine rings is 1. The van der Waals surface area contributed by atoms with Crippen molar-refractivity contribution in [2.75, 3.05) is 0 Å². The maximum absolute atomic E-state index is 12.4. The molecule has 0 fully saturated rings. The van der Waals surface area contributed by atoms with Gasteiger partial charge in [0.1, 0.15) is 11.6 Å². The van der Waals surface area contributed by atoms with Crippen LogP contribution in [0.25, 0.3) is 72.7 Å². The van der Waals surface area contributed by atoms with Gasteiger partial charge in [-0.15, -0.1) is 0 Å². The first kappa shape index (κ1) is 45.3. The molecule has 0 aliphatic rings. The summed E-state index contributed by atoms with van der Waals surface area (Å²) in [6, 6.07) is 46.7. The van der Waals surface area contributed by atoms with Crippen molar-refractivity contribution in [3.05, 3.63) is 167 Å². The number of imidazole rings is 1. The molecule has 8 aromatic rings. The Morgan fingerprint density at radius 2 is 1.14 bits per heavy atom. The second-order valence-electron chi connectivity index (χ2n) is 21.9. The minimum absolute atomic E-state index is 0.0237. The van der Waals surface area contributed by atoms with Crippen LogP contribution < -0.4 is 0 Å². The van der Waals surface area contributed by atoms with Crippen LogP contribution in [0.5, 0.6) is 5.75 Å². The minimum atomic E-state index is -0.139. The molecule has 0 amide bonds. The molecular weight excluding hydrogens is 791 g/mol. The van der Waals surface area contributed by atoms with E-state index in [0.717, 1.165) is 66.9 Å². The summed E-state index contributed by atoms with van der Waals surface area (Å²) in [6.45, 7) is 31.3. The second kappa shape index (κ2) is 16.9. The Labute approximate surface area is 388 Å². The molecule has 2 heterocycles. The molecule has 1 N–H and O–H groups in total. The number of hydrogen-bond donors (Lipinski definition) is 1. The number of nitrogens with zero attached hydrogens (tertiary/aromatic N) is 3. The van der Waals surface area contributed by atoms with Gasteiger partial charge in [-0.25, -0.2) is 4.98 Å². The predicted molar refractivity (Wildman–Crippen MR) is 277 cm³/mol. The van der Waals surface area contributed by atoms with Gasteiger partial charge in [-0.1, -0.05) is 174 Å². The van der Waals surface area contributed by atoms with Gasteiger partial charge >= 0.3 is 0 Å². The third-order valence-corrected chi connectivity index (χ3v) is 13.1. The molecule has 0 radical (unpaired) electrons. The van der Waals surface area contributed by atoms with Crippen molar-refractivity contribution >= 4 is 11.0 Å². The van der Waals surface area contributed by atoms with Gasteiger partial charge in [0.2, 0.25) is 0 Å². The largest absolute Gasteiger partial charge is 0.507 e. The Morgan fingerprint density at radius 3 is 1.77 bits per heavy atom. The number of rotatable bonds is 8. The zero-order valence-corrected chi connectivity index (χ0v) is 41.1. The van der Waals surface area contributed by atoms with E-state index in [1.54, 1.807) is 0 Å². The molecule has 332 valence electrons. The highest BCUT2D eigenvalue weighted by molar-refractivity contribution is 5.98. The van der Waals surface area contributed by atoms with Crippen LogP contribution in [0.4, 0.5) is 0 Å². The summed E-state index contributed by atoms with van der Waals surface area (Å²) in [5.74, 6) is 1.35. The molecule has 0 bridgehead atoms. The van der Waals surface area contributed by atoms with Gasteiger partial charge in [0.15, 0.2) is 0 Å². The SMILES string of the molecule is Cc1ccc(-c2ccnc(-c3cc(-c4cccc5c4nc(-c4cc(C(C)C)cc(C(C)C)c4O)n5-c4ccc(C(C)(C)C)cc4-c4ccc(C(C)(C)C)cc4)cc(C(C)(C)C)c3)c2)cc1. The van der Waals surface area contributed by atoms with Crippen molar-refractivity contribution in [3.63, 3.8) is 0 Å². The van der Waals surface area contributed by atoms with Crippen LogP contribution in [0, 0.1) is 6.92 Å². The Hall–Kier alpha value is -6.26. The van der Waals surface area contributed by atoms with Crippen molar-refractivity contribution in [3.8, 4) is 67.5 Å². The predicted octanol–water partition coefficient (Wildman–Crippen LogP) is 16.9. The average molecular weight is 858 g/mol. The Morgan fingerprint density at radius 1 is 0.508 bits per heavy atom. The number of aromatic nitrogens is 3. The van der Waals surface area contributed by atoms with Gasteiger partial charge < -0.3 is 5.11 Å². The van der Waals surface area contributed by atoms with Crippen LogP contribution in [-0.4, -0.2) is 19.6 Å². The van der Waals surface area contributed by atoms with Gasteiger partial charge in [-0.3, -0.25) is 9.55 Å². The molecule has 65 heavy (non-hydrogen) atoms. The monoisotopic (exact) mass is 858 g/mol. The summed E-state index contributed by atoms with van der Waals surface area (Å²) in [4.78, 5) is 10.7. The Bertz CT molecular complexity index is 3030. The van der Waals surface area contributed by atoms with Gasteiger partial charge in [0, 0.05) is 22.9 Å². The molecule has 0 unspecified atom stereocenters. The molecule has 0 aliphatic heterocycles. The third-order valence-electron chi connectivity index (χ3n) is 13.1. The van der Waals surface area contributed by atoms with Gasteiger partial charge in [0.05, 0.1) is 28.0 Å². The zero-order valence-electron chi connectivity index (χ0n) is 41.1. The number of phenolic OH excluding ortho intramolecular Hbond substituents is 1. The maximum Gasteiger partial charge on any atom is 0.149 e. The summed E-state index contributed by atoms with van der Waals surface area (Å²) in [7, 11) is 0. The quantitative estimate of drug-likeness (QED) is 0.166. The summed E-state index contributed by atoms with van der Waals surface area (Å²) >= 11 is 0. The van der Waals surface area contributed by atoms with Crippen molar-refractivity contribution in [2.45, 2.75) is 125 Å². The fourth-order valence-corrected chi connectivity index (χ4v) is 8.84. The highest BCUT2D eigenvalue weighted by Gasteiger charge is 2.27. The number of aryl methyl sites for hydroxylation is 1. The summed E-state index contributed by atoms with van der Waals surface area (Å²) in [6.07, 6.45) is 1.92. The number of fused-ring (bicyclic) bond motifs is 1. The van der Waals surface area contributed by atoms with Crippen LogP contribution in [0.2, 0.25) is 0 Å². The highest BCUT2D eigenvalue weighted by Crippen LogP contribution is 2.45. The summed E-state index contributed by atoms with van der Waals surface area (Å²) in [5, 5.41) is 12.4. The zero-order chi connectivity index (χ0) is 46.7. The lowest BCUT2D eigenvalue weighted by Gasteiger charge is -2.24. The molecule has 6 aromatic carbocycles. The van der Waals surface area contributed by atoms with Crippen LogP contribution in [0.3, 0.4) is 0 Å². The van der Waals surface area contributed by atoms with Crippen LogP contribution in [0.1, 0.15) is 135 Å². The lowest BCUT2D eigenvalue weighted by atomic mass is 9.83. The molecule has 0 aliphatic carbocycles. The van der Waals surface area contributed by atoms with E-state index >= 15 is 0 Å². The number of aromatic hydroxyl groups is 1. The summed E-state index contributed by atoms with van der Waals surface area (Å²) < 4.78 is 2.31. The average Bonchev–Trinajstić information content (AvgIpc) is 3.65. The fraction of sp³-hybridized carbons (Fsp3) is 0.311. The first-order valence-corrected chi connectivity index (χ1v) is 23.4. The molecule has 2 aromatic heterocycles. The lowest BCUT2D eigenvalue weighted by molar-refractivity contribution is 0.466. The van der Waals surface area contributed by atoms with Crippen molar-refractivity contribution in [1.29, 1.82) is 0 Å². The highest BCUT2D eigenvalue weighted by atomic mass is 16.3.